The van der Waals surface area contributed by atoms with E-state index in [2.05, 4.69) is 21.2 Å². The minimum Gasteiger partial charge on any atom is -0.353 e. The van der Waals surface area contributed by atoms with Crippen LogP contribution in [0.25, 0.3) is 6.08 Å². The molecule has 70 valence electrons. The van der Waals surface area contributed by atoms with E-state index in [0.717, 1.165) is 4.47 Å². The Hall–Kier alpha value is -0.610. The van der Waals surface area contributed by atoms with Crippen LogP contribution in [0.3, 0.4) is 0 Å². The number of nitrogens with one attached hydrogen (secondary N) is 1. The van der Waals surface area contributed by atoms with Gasteiger partial charge in [0.25, 0.3) is 0 Å². The van der Waals surface area contributed by atoms with Gasteiger partial charge in [-0.3, -0.25) is 4.79 Å². The SMILES string of the molecule is CC(=O)NCC=Cc1sccc1Br. The molecule has 0 aliphatic heterocycles. The maximum Gasteiger partial charge on any atom is 0.217 e. The highest BCUT2D eigenvalue weighted by molar-refractivity contribution is 9.10. The van der Waals surface area contributed by atoms with Crippen LogP contribution in [0.5, 0.6) is 0 Å². The molecule has 1 aromatic rings. The van der Waals surface area contributed by atoms with E-state index in [4.69, 9.17) is 0 Å². The van der Waals surface area contributed by atoms with Crippen molar-refractivity contribution >= 4 is 39.2 Å². The molecular formula is C9H10BrNOS. The van der Waals surface area contributed by atoms with Crippen molar-refractivity contribution < 1.29 is 4.79 Å². The minimum atomic E-state index is -0.00473. The Bertz CT molecular complexity index is 319. The van der Waals surface area contributed by atoms with Crippen molar-refractivity contribution in [3.63, 3.8) is 0 Å². The lowest BCUT2D eigenvalue weighted by Gasteiger charge is -1.93. The lowest BCUT2D eigenvalue weighted by Crippen LogP contribution is -2.19. The van der Waals surface area contributed by atoms with Crippen LogP contribution in [0.15, 0.2) is 22.0 Å². The van der Waals surface area contributed by atoms with Crippen molar-refractivity contribution in [2.75, 3.05) is 6.54 Å². The van der Waals surface area contributed by atoms with Crippen LogP contribution in [-0.4, -0.2) is 12.5 Å². The molecule has 0 bridgehead atoms. The Labute approximate surface area is 89.8 Å². The average Bonchev–Trinajstić information content (AvgIpc) is 2.45. The van der Waals surface area contributed by atoms with Crippen molar-refractivity contribution in [3.05, 3.63) is 26.9 Å². The Kier molecular flexibility index (Phi) is 4.18. The molecule has 1 aromatic heterocycles. The predicted octanol–water partition coefficient (Wildman–Crippen LogP) is 2.66. The topological polar surface area (TPSA) is 29.1 Å². The van der Waals surface area contributed by atoms with Crippen LogP contribution in [0.2, 0.25) is 0 Å². The number of hydrogen-bond donors (Lipinski definition) is 1. The third-order valence-corrected chi connectivity index (χ3v) is 3.22. The molecule has 0 saturated carbocycles. The second kappa shape index (κ2) is 5.19. The summed E-state index contributed by atoms with van der Waals surface area (Å²) in [7, 11) is 0. The maximum atomic E-state index is 10.5. The molecule has 13 heavy (non-hydrogen) atoms. The van der Waals surface area contributed by atoms with E-state index in [9.17, 15) is 4.79 Å². The van der Waals surface area contributed by atoms with Gasteiger partial charge in [-0.15, -0.1) is 11.3 Å². The van der Waals surface area contributed by atoms with Crippen LogP contribution in [0.1, 0.15) is 11.8 Å². The lowest BCUT2D eigenvalue weighted by molar-refractivity contribution is -0.118. The third-order valence-electron chi connectivity index (χ3n) is 1.38. The summed E-state index contributed by atoms with van der Waals surface area (Å²) in [4.78, 5) is 11.7. The minimum absolute atomic E-state index is 0.00473. The van der Waals surface area contributed by atoms with Crippen LogP contribution >= 0.6 is 27.3 Å². The van der Waals surface area contributed by atoms with E-state index in [0.29, 0.717) is 6.54 Å². The zero-order valence-corrected chi connectivity index (χ0v) is 9.61. The standard InChI is InChI=1S/C9H10BrNOS/c1-7(12)11-5-2-3-9-8(10)4-6-13-9/h2-4,6H,5H2,1H3,(H,11,12). The number of amides is 1. The molecule has 1 amide bonds. The Morgan fingerprint density at radius 1 is 1.77 bits per heavy atom. The zero-order chi connectivity index (χ0) is 9.68. The van der Waals surface area contributed by atoms with Gasteiger partial charge in [-0.05, 0) is 33.5 Å². The molecule has 0 fully saturated rings. The first-order valence-corrected chi connectivity index (χ1v) is 5.51. The number of hydrogen-bond acceptors (Lipinski definition) is 2. The van der Waals surface area contributed by atoms with Crippen LogP contribution in [-0.2, 0) is 4.79 Å². The number of carbonyl (C=O) groups is 1. The second-order valence-corrected chi connectivity index (χ2v) is 4.27. The summed E-state index contributed by atoms with van der Waals surface area (Å²) in [5.74, 6) is -0.00473. The van der Waals surface area contributed by atoms with Gasteiger partial charge in [0, 0.05) is 22.8 Å². The number of halogens is 1. The highest BCUT2D eigenvalue weighted by atomic mass is 79.9. The monoisotopic (exact) mass is 259 g/mol. The summed E-state index contributed by atoms with van der Waals surface area (Å²) in [6.45, 7) is 2.09. The Morgan fingerprint density at radius 2 is 2.54 bits per heavy atom. The second-order valence-electron chi connectivity index (χ2n) is 2.47. The van der Waals surface area contributed by atoms with E-state index in [1.165, 1.54) is 11.8 Å². The van der Waals surface area contributed by atoms with E-state index >= 15 is 0 Å². The summed E-state index contributed by atoms with van der Waals surface area (Å²) in [5, 5.41) is 4.71. The van der Waals surface area contributed by atoms with E-state index < -0.39 is 0 Å². The van der Waals surface area contributed by atoms with Crippen molar-refractivity contribution in [2.45, 2.75) is 6.92 Å². The molecule has 0 aliphatic rings. The summed E-state index contributed by atoms with van der Waals surface area (Å²) in [6.07, 6.45) is 3.92. The Balaban J connectivity index is 2.41. The zero-order valence-electron chi connectivity index (χ0n) is 7.21. The molecule has 0 radical (unpaired) electrons. The quantitative estimate of drug-likeness (QED) is 0.889. The van der Waals surface area contributed by atoms with Crippen molar-refractivity contribution in [2.24, 2.45) is 0 Å². The molecule has 0 atom stereocenters. The predicted molar refractivity (Wildman–Crippen MR) is 59.7 cm³/mol. The normalized spacial score (nSPS) is 10.6. The van der Waals surface area contributed by atoms with E-state index in [-0.39, 0.29) is 5.91 Å². The van der Waals surface area contributed by atoms with Gasteiger partial charge in [-0.2, -0.15) is 0 Å². The van der Waals surface area contributed by atoms with Crippen molar-refractivity contribution in [1.82, 2.24) is 5.32 Å². The summed E-state index contributed by atoms with van der Waals surface area (Å²) in [6, 6.07) is 2.00. The smallest absolute Gasteiger partial charge is 0.217 e. The van der Waals surface area contributed by atoms with E-state index in [1.807, 2.05) is 23.6 Å². The van der Waals surface area contributed by atoms with Crippen LogP contribution in [0.4, 0.5) is 0 Å². The first-order valence-electron chi connectivity index (χ1n) is 3.84. The lowest BCUT2D eigenvalue weighted by atomic mass is 10.4. The summed E-state index contributed by atoms with van der Waals surface area (Å²) >= 11 is 5.08. The highest BCUT2D eigenvalue weighted by Gasteiger charge is 1.94. The number of rotatable bonds is 3. The largest absolute Gasteiger partial charge is 0.353 e. The molecule has 1 N–H and O–H groups in total. The van der Waals surface area contributed by atoms with Gasteiger partial charge in [0.05, 0.1) is 0 Å². The molecule has 0 unspecified atom stereocenters. The third kappa shape index (κ3) is 3.74. The molecule has 0 saturated heterocycles. The van der Waals surface area contributed by atoms with Crippen LogP contribution < -0.4 is 5.32 Å². The van der Waals surface area contributed by atoms with Gasteiger partial charge in [-0.25, -0.2) is 0 Å². The average molecular weight is 260 g/mol. The van der Waals surface area contributed by atoms with Gasteiger partial charge in [-0.1, -0.05) is 6.08 Å². The number of carbonyl (C=O) groups excluding carboxylic acids is 1. The molecular weight excluding hydrogens is 250 g/mol. The molecule has 0 aromatic carbocycles. The van der Waals surface area contributed by atoms with E-state index in [1.54, 1.807) is 11.3 Å². The molecule has 0 aliphatic carbocycles. The fourth-order valence-corrected chi connectivity index (χ4v) is 2.22. The first-order chi connectivity index (χ1) is 6.20. The summed E-state index contributed by atoms with van der Waals surface area (Å²) < 4.78 is 1.09. The molecule has 0 spiro atoms. The molecule has 4 heteroatoms. The first kappa shape index (κ1) is 10.5. The molecule has 2 nitrogen and oxygen atoms in total. The fourth-order valence-electron chi connectivity index (χ4n) is 0.793. The van der Waals surface area contributed by atoms with Gasteiger partial charge in [0.15, 0.2) is 0 Å². The van der Waals surface area contributed by atoms with Gasteiger partial charge >= 0.3 is 0 Å². The van der Waals surface area contributed by atoms with Gasteiger partial charge in [0.2, 0.25) is 5.91 Å². The van der Waals surface area contributed by atoms with Gasteiger partial charge in [0.1, 0.15) is 0 Å². The molecule has 1 rings (SSSR count). The van der Waals surface area contributed by atoms with Crippen molar-refractivity contribution in [3.8, 4) is 0 Å². The highest BCUT2D eigenvalue weighted by Crippen LogP contribution is 2.23. The van der Waals surface area contributed by atoms with Crippen molar-refractivity contribution in [1.29, 1.82) is 0 Å². The summed E-state index contributed by atoms with van der Waals surface area (Å²) in [5.41, 5.74) is 0. The van der Waals surface area contributed by atoms with Crippen LogP contribution in [0, 0.1) is 0 Å². The molecule has 1 heterocycles. The fraction of sp³-hybridized carbons (Fsp3) is 0.222. The Morgan fingerprint density at radius 3 is 3.08 bits per heavy atom. The number of thiophene rings is 1. The maximum absolute atomic E-state index is 10.5. The van der Waals surface area contributed by atoms with Gasteiger partial charge < -0.3 is 5.32 Å².